The Morgan fingerprint density at radius 1 is 0.756 bits per heavy atom. The number of methoxy groups -OCH3 is 1. The van der Waals surface area contributed by atoms with Crippen molar-refractivity contribution in [3.05, 3.63) is 137 Å². The molecule has 10 heteroatoms. The second kappa shape index (κ2) is 10.5. The molecule has 9 nitrogen and oxygen atoms in total. The maximum absolute atomic E-state index is 13.7. The average Bonchev–Trinajstić information content (AvgIpc) is 3.44. The molecule has 0 bridgehead atoms. The van der Waals surface area contributed by atoms with E-state index in [9.17, 15) is 22.8 Å². The van der Waals surface area contributed by atoms with Crippen LogP contribution in [-0.4, -0.2) is 42.8 Å². The Balaban J connectivity index is 1.34. The third-order valence-electron chi connectivity index (χ3n) is 7.88. The molecule has 6 aromatic rings. The van der Waals surface area contributed by atoms with Crippen LogP contribution in [-0.2, 0) is 14.4 Å². The maximum atomic E-state index is 13.7. The highest BCUT2D eigenvalue weighted by molar-refractivity contribution is 7.86. The van der Waals surface area contributed by atoms with E-state index in [1.54, 1.807) is 67.7 Å². The molecule has 7 rings (SSSR count). The molecule has 0 unspecified atom stereocenters. The number of nitrogens with zero attached hydrogens (tertiary/aromatic N) is 2. The summed E-state index contributed by atoms with van der Waals surface area (Å²) in [4.78, 5) is 40.7. The molecule has 1 aromatic heterocycles. The molecular weight excluding hydrogens is 592 g/mol. The zero-order valence-electron chi connectivity index (χ0n) is 24.1. The zero-order chi connectivity index (χ0) is 31.5. The summed E-state index contributed by atoms with van der Waals surface area (Å²) in [6.45, 7) is 1.80. The number of para-hydroxylation sites is 1. The Morgan fingerprint density at radius 3 is 2.20 bits per heavy atom. The van der Waals surface area contributed by atoms with Crippen LogP contribution in [0.4, 0.5) is 0 Å². The number of amides is 2. The Hall–Kier alpha value is -5.58. The first-order chi connectivity index (χ1) is 21.7. The lowest BCUT2D eigenvalue weighted by Crippen LogP contribution is -2.41. The van der Waals surface area contributed by atoms with E-state index in [2.05, 4.69) is 0 Å². The normalized spacial score (nSPS) is 13.1. The summed E-state index contributed by atoms with van der Waals surface area (Å²) in [6.07, 6.45) is 1.74. The number of ether oxygens (including phenoxy) is 1. The highest BCUT2D eigenvalue weighted by Gasteiger charge is 2.38. The molecule has 0 spiro atoms. The van der Waals surface area contributed by atoms with E-state index in [0.717, 1.165) is 16.5 Å². The second-order valence-corrected chi connectivity index (χ2v) is 12.1. The predicted molar refractivity (Wildman–Crippen MR) is 167 cm³/mol. The summed E-state index contributed by atoms with van der Waals surface area (Å²) in [5.41, 5.74) is 3.34. The van der Waals surface area contributed by atoms with Gasteiger partial charge < -0.3 is 9.30 Å². The van der Waals surface area contributed by atoms with Crippen molar-refractivity contribution in [1.29, 1.82) is 0 Å². The van der Waals surface area contributed by atoms with Crippen LogP contribution in [0.5, 0.6) is 5.75 Å². The van der Waals surface area contributed by atoms with Gasteiger partial charge in [0.2, 0.25) is 0 Å². The second-order valence-electron chi connectivity index (χ2n) is 10.6. The number of aryl methyl sites for hydroxylation is 1. The molecule has 0 saturated carbocycles. The molecule has 45 heavy (non-hydrogen) atoms. The van der Waals surface area contributed by atoms with E-state index in [0.29, 0.717) is 38.4 Å². The number of fused-ring (bicyclic) bond motifs is 1. The lowest BCUT2D eigenvalue weighted by Gasteiger charge is -2.26. The minimum atomic E-state index is -4.48. The van der Waals surface area contributed by atoms with E-state index >= 15 is 0 Å². The van der Waals surface area contributed by atoms with Crippen molar-refractivity contribution < 1.29 is 31.8 Å². The van der Waals surface area contributed by atoms with Crippen molar-refractivity contribution in [2.75, 3.05) is 7.11 Å². The fourth-order valence-corrected chi connectivity index (χ4v) is 6.55. The molecule has 0 saturated heterocycles. The van der Waals surface area contributed by atoms with Gasteiger partial charge in [-0.05, 0) is 55.5 Å². The predicted octanol–water partition coefficient (Wildman–Crippen LogP) is 6.25. The van der Waals surface area contributed by atoms with E-state index in [4.69, 9.17) is 9.02 Å². The monoisotopic (exact) mass is 616 g/mol. The van der Waals surface area contributed by atoms with Gasteiger partial charge in [-0.15, -0.1) is 9.35 Å². The van der Waals surface area contributed by atoms with Gasteiger partial charge in [0.1, 0.15) is 5.75 Å². The summed E-state index contributed by atoms with van der Waals surface area (Å²) in [7, 11) is -2.94. The van der Waals surface area contributed by atoms with Crippen LogP contribution in [0, 0.1) is 6.92 Å². The van der Waals surface area contributed by atoms with Gasteiger partial charge in [0.05, 0.1) is 34.3 Å². The van der Waals surface area contributed by atoms with Crippen molar-refractivity contribution in [3.8, 4) is 11.4 Å². The summed E-state index contributed by atoms with van der Waals surface area (Å²) in [5, 5.41) is 1.94. The fraction of sp³-hybridized carbons (Fsp3) is 0.0571. The van der Waals surface area contributed by atoms with Crippen LogP contribution in [0.3, 0.4) is 0 Å². The molecule has 1 aliphatic heterocycles. The molecular formula is C35H24N2O7S. The topological polar surface area (TPSA) is 112 Å². The van der Waals surface area contributed by atoms with E-state index in [1.165, 1.54) is 31.4 Å². The summed E-state index contributed by atoms with van der Waals surface area (Å²) in [5.74, 6) is -1.44. The number of ketones is 1. The summed E-state index contributed by atoms with van der Waals surface area (Å²) >= 11 is 0. The lowest BCUT2D eigenvalue weighted by atomic mass is 9.94. The number of aromatic nitrogens is 1. The van der Waals surface area contributed by atoms with Crippen LogP contribution in [0.15, 0.2) is 114 Å². The third-order valence-corrected chi connectivity index (χ3v) is 9.07. The standard InChI is InChI=1S/C35H24N2O7S/c1-21-13-15-24(16-14-21)45(41,42)44-37-34(39)27-11-6-10-26-31(18-17-28(32(26)27)35(37)40)36-20-29(25-9-3-4-12-30(25)36)33(38)22-7-5-8-23(19-22)43-2/h3-20H,1-2H3. The molecule has 2 heterocycles. The Morgan fingerprint density at radius 2 is 1.44 bits per heavy atom. The fourth-order valence-electron chi connectivity index (χ4n) is 5.66. The molecule has 0 aliphatic carbocycles. The van der Waals surface area contributed by atoms with Crippen molar-refractivity contribution in [2.24, 2.45) is 0 Å². The molecule has 222 valence electrons. The maximum Gasteiger partial charge on any atom is 0.318 e. The van der Waals surface area contributed by atoms with Gasteiger partial charge in [-0.25, -0.2) is 0 Å². The Labute approximate surface area is 257 Å². The molecule has 1 aliphatic rings. The van der Waals surface area contributed by atoms with Crippen LogP contribution in [0.1, 0.15) is 42.2 Å². The minimum Gasteiger partial charge on any atom is -0.497 e. The molecule has 2 amide bonds. The average molecular weight is 617 g/mol. The first kappa shape index (κ1) is 28.2. The molecule has 5 aromatic carbocycles. The van der Waals surface area contributed by atoms with Gasteiger partial charge in [-0.2, -0.15) is 8.42 Å². The molecule has 0 atom stereocenters. The highest BCUT2D eigenvalue weighted by atomic mass is 32.2. The van der Waals surface area contributed by atoms with E-state index in [1.807, 2.05) is 28.8 Å². The summed E-state index contributed by atoms with van der Waals surface area (Å²) < 4.78 is 38.3. The van der Waals surface area contributed by atoms with Gasteiger partial charge in [-0.1, -0.05) is 60.2 Å². The number of rotatable bonds is 7. The van der Waals surface area contributed by atoms with Gasteiger partial charge in [0.15, 0.2) is 5.78 Å². The first-order valence-corrected chi connectivity index (χ1v) is 15.3. The van der Waals surface area contributed by atoms with Gasteiger partial charge >= 0.3 is 10.1 Å². The number of hydrogen-bond acceptors (Lipinski definition) is 7. The summed E-state index contributed by atoms with van der Waals surface area (Å²) in [6, 6.07) is 28.4. The lowest BCUT2D eigenvalue weighted by molar-refractivity contribution is -0.0155. The van der Waals surface area contributed by atoms with E-state index < -0.39 is 21.9 Å². The zero-order valence-corrected chi connectivity index (χ0v) is 24.9. The number of hydroxylamine groups is 2. The molecule has 0 N–H and O–H groups in total. The minimum absolute atomic E-state index is 0.104. The molecule has 0 radical (unpaired) electrons. The smallest absolute Gasteiger partial charge is 0.318 e. The first-order valence-electron chi connectivity index (χ1n) is 13.9. The largest absolute Gasteiger partial charge is 0.497 e. The van der Waals surface area contributed by atoms with Crippen molar-refractivity contribution in [2.45, 2.75) is 11.8 Å². The van der Waals surface area contributed by atoms with Crippen LogP contribution < -0.4 is 4.74 Å². The van der Waals surface area contributed by atoms with Gasteiger partial charge in [-0.3, -0.25) is 14.4 Å². The molecule has 0 fully saturated rings. The van der Waals surface area contributed by atoms with E-state index in [-0.39, 0.29) is 21.8 Å². The number of carbonyl (C=O) groups is 3. The Bertz CT molecular complexity index is 2300. The highest BCUT2D eigenvalue weighted by Crippen LogP contribution is 2.37. The SMILES string of the molecule is COc1cccc(C(=O)c2cn(-c3ccc4c5c(cccc35)C(=O)N(OS(=O)(=O)c3ccc(C)cc3)C4=O)c3ccccc23)c1. The van der Waals surface area contributed by atoms with Crippen LogP contribution in [0.2, 0.25) is 0 Å². The van der Waals surface area contributed by atoms with Crippen molar-refractivity contribution in [3.63, 3.8) is 0 Å². The Kier molecular flexibility index (Phi) is 6.61. The van der Waals surface area contributed by atoms with Crippen LogP contribution in [0.25, 0.3) is 27.4 Å². The van der Waals surface area contributed by atoms with Crippen LogP contribution >= 0.6 is 0 Å². The quantitative estimate of drug-likeness (QED) is 0.154. The number of imide groups is 1. The van der Waals surface area contributed by atoms with Gasteiger partial charge in [0, 0.05) is 33.5 Å². The van der Waals surface area contributed by atoms with Crippen molar-refractivity contribution in [1.82, 2.24) is 9.63 Å². The number of hydrogen-bond donors (Lipinski definition) is 0. The number of benzene rings is 5. The van der Waals surface area contributed by atoms with Gasteiger partial charge in [0.25, 0.3) is 11.8 Å². The number of carbonyl (C=O) groups excluding carboxylic acids is 3. The third kappa shape index (κ3) is 4.59. The van der Waals surface area contributed by atoms with Crippen molar-refractivity contribution >= 4 is 49.4 Å².